The van der Waals surface area contributed by atoms with Crippen molar-refractivity contribution in [1.82, 2.24) is 0 Å². The van der Waals surface area contributed by atoms with E-state index in [2.05, 4.69) is 5.32 Å². The van der Waals surface area contributed by atoms with E-state index < -0.39 is 0 Å². The number of benzene rings is 2. The Kier molecular flexibility index (Phi) is 4.22. The lowest BCUT2D eigenvalue weighted by Crippen LogP contribution is -1.96. The number of allylic oxidation sites excluding steroid dienone is 1. The zero-order chi connectivity index (χ0) is 15.5. The Morgan fingerprint density at radius 3 is 2.68 bits per heavy atom. The number of hydrogen-bond acceptors (Lipinski definition) is 4. The van der Waals surface area contributed by atoms with Crippen LogP contribution in [0.3, 0.4) is 0 Å². The number of rotatable bonds is 4. The van der Waals surface area contributed by atoms with Crippen molar-refractivity contribution in [3.63, 3.8) is 0 Å². The van der Waals surface area contributed by atoms with Crippen LogP contribution in [-0.4, -0.2) is 12.6 Å². The van der Waals surface area contributed by atoms with Gasteiger partial charge in [-0.25, -0.2) is 0 Å². The molecule has 2 aromatic carbocycles. The van der Waals surface area contributed by atoms with E-state index in [0.717, 1.165) is 5.69 Å². The number of ketones is 1. The first-order valence-corrected chi connectivity index (χ1v) is 7.21. The van der Waals surface area contributed by atoms with Crippen LogP contribution in [0, 0.1) is 0 Å². The lowest BCUT2D eigenvalue weighted by atomic mass is 10.1. The number of fused-ring (bicyclic) bond motifs is 1. The lowest BCUT2D eigenvalue weighted by molar-refractivity contribution is 0.104. The van der Waals surface area contributed by atoms with Gasteiger partial charge in [0, 0.05) is 29.6 Å². The molecule has 112 valence electrons. The van der Waals surface area contributed by atoms with Crippen molar-refractivity contribution < 1.29 is 14.3 Å². The molecule has 0 bridgehead atoms. The topological polar surface area (TPSA) is 47.6 Å². The van der Waals surface area contributed by atoms with Gasteiger partial charge in [-0.05, 0) is 30.3 Å². The van der Waals surface area contributed by atoms with Crippen LogP contribution in [0.4, 0.5) is 5.69 Å². The maximum atomic E-state index is 12.0. The molecule has 6 heteroatoms. The van der Waals surface area contributed by atoms with Crippen molar-refractivity contribution in [2.45, 2.75) is 0 Å². The van der Waals surface area contributed by atoms with Crippen molar-refractivity contribution in [3.05, 3.63) is 64.3 Å². The van der Waals surface area contributed by atoms with E-state index in [1.165, 1.54) is 12.1 Å². The van der Waals surface area contributed by atoms with Crippen LogP contribution < -0.4 is 14.8 Å². The number of ether oxygens (including phenoxy) is 2. The van der Waals surface area contributed by atoms with Gasteiger partial charge in [0.1, 0.15) is 0 Å². The second-order valence-corrected chi connectivity index (χ2v) is 5.35. The summed E-state index contributed by atoms with van der Waals surface area (Å²) in [5, 5.41) is 3.77. The van der Waals surface area contributed by atoms with Gasteiger partial charge < -0.3 is 14.8 Å². The Morgan fingerprint density at radius 1 is 1.05 bits per heavy atom. The van der Waals surface area contributed by atoms with Crippen LogP contribution >= 0.6 is 23.2 Å². The van der Waals surface area contributed by atoms with Gasteiger partial charge in [-0.15, -0.1) is 0 Å². The van der Waals surface area contributed by atoms with Crippen molar-refractivity contribution >= 4 is 34.7 Å². The molecule has 1 heterocycles. The van der Waals surface area contributed by atoms with Gasteiger partial charge in [0.2, 0.25) is 6.79 Å². The molecule has 3 rings (SSSR count). The highest BCUT2D eigenvalue weighted by Gasteiger charge is 2.12. The molecular formula is C16H11Cl2NO3. The molecule has 0 saturated heterocycles. The largest absolute Gasteiger partial charge is 0.454 e. The number of nitrogens with one attached hydrogen (secondary N) is 1. The van der Waals surface area contributed by atoms with E-state index in [1.54, 1.807) is 30.5 Å². The minimum Gasteiger partial charge on any atom is -0.454 e. The van der Waals surface area contributed by atoms with Gasteiger partial charge >= 0.3 is 0 Å². The first-order chi connectivity index (χ1) is 10.6. The maximum absolute atomic E-state index is 12.0. The fourth-order valence-corrected chi connectivity index (χ4v) is 2.24. The predicted molar refractivity (Wildman–Crippen MR) is 86.1 cm³/mol. The zero-order valence-corrected chi connectivity index (χ0v) is 12.8. The minimum absolute atomic E-state index is 0.174. The highest BCUT2D eigenvalue weighted by Crippen LogP contribution is 2.34. The smallest absolute Gasteiger partial charge is 0.231 e. The second kappa shape index (κ2) is 6.30. The summed E-state index contributed by atoms with van der Waals surface area (Å²) in [5.41, 5.74) is 1.26. The van der Waals surface area contributed by atoms with Crippen molar-refractivity contribution in [3.8, 4) is 11.5 Å². The SMILES string of the molecule is O=C(/C=C\Nc1ccc2c(c1)OCO2)c1ccc(Cl)c(Cl)c1. The van der Waals surface area contributed by atoms with Gasteiger partial charge in [0.25, 0.3) is 0 Å². The summed E-state index contributed by atoms with van der Waals surface area (Å²) >= 11 is 11.7. The number of carbonyl (C=O) groups excluding carboxylic acids is 1. The summed E-state index contributed by atoms with van der Waals surface area (Å²) in [4.78, 5) is 12.0. The van der Waals surface area contributed by atoms with Crippen molar-refractivity contribution in [1.29, 1.82) is 0 Å². The van der Waals surface area contributed by atoms with E-state index in [1.807, 2.05) is 6.07 Å². The molecule has 1 aliphatic heterocycles. The summed E-state index contributed by atoms with van der Waals surface area (Å²) in [5.74, 6) is 1.21. The third-order valence-corrected chi connectivity index (χ3v) is 3.80. The van der Waals surface area contributed by atoms with Gasteiger partial charge in [0.15, 0.2) is 17.3 Å². The predicted octanol–water partition coefficient (Wildman–Crippen LogP) is 4.53. The van der Waals surface area contributed by atoms with Crippen LogP contribution in [0.2, 0.25) is 10.0 Å². The first-order valence-electron chi connectivity index (χ1n) is 6.45. The van der Waals surface area contributed by atoms with Gasteiger partial charge in [0.05, 0.1) is 10.0 Å². The molecule has 0 radical (unpaired) electrons. The van der Waals surface area contributed by atoms with Crippen LogP contribution in [0.25, 0.3) is 0 Å². The van der Waals surface area contributed by atoms with E-state index in [4.69, 9.17) is 32.7 Å². The quantitative estimate of drug-likeness (QED) is 0.658. The van der Waals surface area contributed by atoms with Crippen LogP contribution in [0.1, 0.15) is 10.4 Å². The number of anilines is 1. The Balaban J connectivity index is 1.66. The zero-order valence-electron chi connectivity index (χ0n) is 11.3. The summed E-state index contributed by atoms with van der Waals surface area (Å²) < 4.78 is 10.5. The highest BCUT2D eigenvalue weighted by atomic mass is 35.5. The second-order valence-electron chi connectivity index (χ2n) is 4.54. The lowest BCUT2D eigenvalue weighted by Gasteiger charge is -2.02. The fraction of sp³-hybridized carbons (Fsp3) is 0.0625. The number of hydrogen-bond donors (Lipinski definition) is 1. The molecule has 0 unspecified atom stereocenters. The Hall–Kier alpha value is -2.17. The summed E-state index contributed by atoms with van der Waals surface area (Å²) in [6, 6.07) is 10.2. The summed E-state index contributed by atoms with van der Waals surface area (Å²) in [6.45, 7) is 0.227. The number of halogens is 2. The molecule has 0 fully saturated rings. The molecule has 0 amide bonds. The van der Waals surface area contributed by atoms with Crippen molar-refractivity contribution in [2.75, 3.05) is 12.1 Å². The molecule has 0 saturated carbocycles. The Labute approximate surface area is 137 Å². The molecule has 4 nitrogen and oxygen atoms in total. The van der Waals surface area contributed by atoms with Crippen LogP contribution in [0.15, 0.2) is 48.7 Å². The standard InChI is InChI=1S/C16H11Cl2NO3/c17-12-3-1-10(7-13(12)18)14(20)5-6-19-11-2-4-15-16(8-11)22-9-21-15/h1-8,19H,9H2/b6-5-. The third-order valence-electron chi connectivity index (χ3n) is 3.06. The Bertz CT molecular complexity index is 759. The average Bonchev–Trinajstić information content (AvgIpc) is 2.97. The molecule has 0 aliphatic carbocycles. The molecule has 22 heavy (non-hydrogen) atoms. The van der Waals surface area contributed by atoms with Gasteiger partial charge in [-0.3, -0.25) is 4.79 Å². The maximum Gasteiger partial charge on any atom is 0.231 e. The summed E-state index contributed by atoms with van der Waals surface area (Å²) in [6.07, 6.45) is 2.98. The van der Waals surface area contributed by atoms with Crippen molar-refractivity contribution in [2.24, 2.45) is 0 Å². The van der Waals surface area contributed by atoms with E-state index >= 15 is 0 Å². The Morgan fingerprint density at radius 2 is 1.86 bits per heavy atom. The molecular weight excluding hydrogens is 325 g/mol. The van der Waals surface area contributed by atoms with Gasteiger partial charge in [-0.2, -0.15) is 0 Å². The van der Waals surface area contributed by atoms with Crippen LogP contribution in [0.5, 0.6) is 11.5 Å². The monoisotopic (exact) mass is 335 g/mol. The van der Waals surface area contributed by atoms with E-state index in [9.17, 15) is 4.79 Å². The molecule has 2 aromatic rings. The molecule has 0 aromatic heterocycles. The molecule has 1 N–H and O–H groups in total. The molecule has 0 atom stereocenters. The van der Waals surface area contributed by atoms with E-state index in [-0.39, 0.29) is 12.6 Å². The van der Waals surface area contributed by atoms with Gasteiger partial charge in [-0.1, -0.05) is 23.2 Å². The number of carbonyl (C=O) groups is 1. The first kappa shape index (κ1) is 14.8. The fourth-order valence-electron chi connectivity index (χ4n) is 1.95. The average molecular weight is 336 g/mol. The minimum atomic E-state index is -0.174. The normalized spacial score (nSPS) is 12.6. The third kappa shape index (κ3) is 3.18. The van der Waals surface area contributed by atoms with Crippen LogP contribution in [-0.2, 0) is 0 Å². The summed E-state index contributed by atoms with van der Waals surface area (Å²) in [7, 11) is 0. The molecule has 0 spiro atoms. The highest BCUT2D eigenvalue weighted by molar-refractivity contribution is 6.42. The van der Waals surface area contributed by atoms with E-state index in [0.29, 0.717) is 27.1 Å². The molecule has 1 aliphatic rings.